The zero-order valence-electron chi connectivity index (χ0n) is 16.4. The number of nitrogens with two attached hydrogens (primary N) is 1. The van der Waals surface area contributed by atoms with Gasteiger partial charge in [-0.05, 0) is 37.2 Å². The monoisotopic (exact) mass is 409 g/mol. The van der Waals surface area contributed by atoms with Gasteiger partial charge in [0, 0.05) is 25.7 Å². The predicted octanol–water partition coefficient (Wildman–Crippen LogP) is 4.68. The van der Waals surface area contributed by atoms with Gasteiger partial charge in [-0.15, -0.1) is 12.4 Å². The van der Waals surface area contributed by atoms with E-state index in [1.165, 1.54) is 44.1 Å². The fourth-order valence-electron chi connectivity index (χ4n) is 4.41. The standard InChI is InChI=1S/C22H35N3S.ClH/c23-21(12-11-18-7-3-1-4-8-18)22(26)24-20-13-15-25(16-14-20)17-19-9-5-2-6-10-19;/h2,5-6,9-10,18,20-21H,1,3-4,7-8,11-17,23H2,(H,24,26);1H/t21-;/m1./s1. The summed E-state index contributed by atoms with van der Waals surface area (Å²) in [7, 11) is 0. The van der Waals surface area contributed by atoms with E-state index in [1.807, 2.05) is 0 Å². The minimum absolute atomic E-state index is 0. The van der Waals surface area contributed by atoms with Gasteiger partial charge < -0.3 is 11.1 Å². The molecule has 1 heterocycles. The third-order valence-electron chi connectivity index (χ3n) is 6.13. The van der Waals surface area contributed by atoms with E-state index >= 15 is 0 Å². The highest BCUT2D eigenvalue weighted by atomic mass is 35.5. The first-order chi connectivity index (χ1) is 12.7. The van der Waals surface area contributed by atoms with Crippen molar-refractivity contribution in [1.82, 2.24) is 10.2 Å². The van der Waals surface area contributed by atoms with Crippen molar-refractivity contribution in [3.8, 4) is 0 Å². The summed E-state index contributed by atoms with van der Waals surface area (Å²) in [6, 6.07) is 11.3. The summed E-state index contributed by atoms with van der Waals surface area (Å²) < 4.78 is 0. The Labute approximate surface area is 176 Å². The lowest BCUT2D eigenvalue weighted by Crippen LogP contribution is -2.48. The lowest BCUT2D eigenvalue weighted by molar-refractivity contribution is 0.199. The molecular weight excluding hydrogens is 374 g/mol. The van der Waals surface area contributed by atoms with E-state index in [2.05, 4.69) is 40.5 Å². The fraction of sp³-hybridized carbons (Fsp3) is 0.682. The van der Waals surface area contributed by atoms with Crippen LogP contribution in [0.4, 0.5) is 0 Å². The number of nitrogens with one attached hydrogen (secondary N) is 1. The summed E-state index contributed by atoms with van der Waals surface area (Å²) in [6.45, 7) is 3.32. The molecule has 1 atom stereocenters. The van der Waals surface area contributed by atoms with Crippen LogP contribution in [-0.2, 0) is 6.54 Å². The molecule has 0 aromatic heterocycles. The highest BCUT2D eigenvalue weighted by Crippen LogP contribution is 2.27. The summed E-state index contributed by atoms with van der Waals surface area (Å²) >= 11 is 5.61. The predicted molar refractivity (Wildman–Crippen MR) is 122 cm³/mol. The average Bonchev–Trinajstić information content (AvgIpc) is 2.69. The number of benzene rings is 1. The van der Waals surface area contributed by atoms with E-state index in [-0.39, 0.29) is 18.4 Å². The van der Waals surface area contributed by atoms with Gasteiger partial charge in [-0.1, -0.05) is 74.7 Å². The second-order valence-corrected chi connectivity index (χ2v) is 8.67. The molecule has 3 N–H and O–H groups in total. The number of thiocarbonyl (C=S) groups is 1. The van der Waals surface area contributed by atoms with Gasteiger partial charge in [0.25, 0.3) is 0 Å². The Kier molecular flexibility index (Phi) is 10.1. The number of hydrogen-bond acceptors (Lipinski definition) is 3. The van der Waals surface area contributed by atoms with E-state index in [1.54, 1.807) is 0 Å². The number of nitrogens with zero attached hydrogens (tertiary/aromatic N) is 1. The molecule has 27 heavy (non-hydrogen) atoms. The Morgan fingerprint density at radius 2 is 1.74 bits per heavy atom. The molecule has 0 radical (unpaired) electrons. The molecule has 1 aliphatic heterocycles. The van der Waals surface area contributed by atoms with Crippen LogP contribution in [0.1, 0.15) is 63.4 Å². The van der Waals surface area contributed by atoms with Gasteiger partial charge >= 0.3 is 0 Å². The SMILES string of the molecule is Cl.N[C@H](CCC1CCCCC1)C(=S)NC1CCN(Cc2ccccc2)CC1. The van der Waals surface area contributed by atoms with E-state index in [0.717, 1.165) is 49.8 Å². The maximum atomic E-state index is 6.37. The van der Waals surface area contributed by atoms with Gasteiger partial charge in [0.1, 0.15) is 0 Å². The van der Waals surface area contributed by atoms with Gasteiger partial charge in [-0.3, -0.25) is 4.90 Å². The maximum Gasteiger partial charge on any atom is 0.0925 e. The van der Waals surface area contributed by atoms with E-state index < -0.39 is 0 Å². The van der Waals surface area contributed by atoms with E-state index in [0.29, 0.717) is 6.04 Å². The third kappa shape index (κ3) is 7.69. The van der Waals surface area contributed by atoms with Crippen molar-refractivity contribution in [2.75, 3.05) is 13.1 Å². The Bertz CT molecular complexity index is 540. The van der Waals surface area contributed by atoms with Crippen LogP contribution in [0.5, 0.6) is 0 Å². The molecule has 0 unspecified atom stereocenters. The van der Waals surface area contributed by atoms with Gasteiger partial charge in [0.2, 0.25) is 0 Å². The smallest absolute Gasteiger partial charge is 0.0925 e. The Hall–Kier alpha value is -0.680. The zero-order valence-corrected chi connectivity index (χ0v) is 18.1. The molecule has 0 spiro atoms. The van der Waals surface area contributed by atoms with Gasteiger partial charge in [-0.2, -0.15) is 0 Å². The molecule has 2 aliphatic rings. The molecule has 0 amide bonds. The third-order valence-corrected chi connectivity index (χ3v) is 6.55. The van der Waals surface area contributed by atoms with Gasteiger partial charge in [-0.25, -0.2) is 0 Å². The molecule has 3 nitrogen and oxygen atoms in total. The Balaban J connectivity index is 0.00000261. The quantitative estimate of drug-likeness (QED) is 0.641. The minimum atomic E-state index is 0. The molecule has 1 saturated carbocycles. The first-order valence-electron chi connectivity index (χ1n) is 10.5. The summed E-state index contributed by atoms with van der Waals surface area (Å²) in [5, 5.41) is 3.57. The first-order valence-corrected chi connectivity index (χ1v) is 10.9. The highest BCUT2D eigenvalue weighted by molar-refractivity contribution is 7.80. The summed E-state index contributed by atoms with van der Waals surface area (Å²) in [6.07, 6.45) is 11.6. The lowest BCUT2D eigenvalue weighted by Gasteiger charge is -2.33. The molecule has 152 valence electrons. The van der Waals surface area contributed by atoms with Crippen molar-refractivity contribution in [3.05, 3.63) is 35.9 Å². The number of likely N-dealkylation sites (tertiary alicyclic amines) is 1. The number of halogens is 1. The van der Waals surface area contributed by atoms with E-state index in [4.69, 9.17) is 18.0 Å². The van der Waals surface area contributed by atoms with Crippen molar-refractivity contribution in [2.24, 2.45) is 11.7 Å². The van der Waals surface area contributed by atoms with Crippen molar-refractivity contribution < 1.29 is 0 Å². The average molecular weight is 410 g/mol. The molecule has 1 saturated heterocycles. The van der Waals surface area contributed by atoms with Crippen LogP contribution in [0, 0.1) is 5.92 Å². The minimum Gasteiger partial charge on any atom is -0.376 e. The van der Waals surface area contributed by atoms with Crippen LogP contribution in [0.15, 0.2) is 30.3 Å². The zero-order chi connectivity index (χ0) is 18.2. The van der Waals surface area contributed by atoms with Crippen molar-refractivity contribution in [1.29, 1.82) is 0 Å². The fourth-order valence-corrected chi connectivity index (χ4v) is 4.69. The van der Waals surface area contributed by atoms with Crippen molar-refractivity contribution in [3.63, 3.8) is 0 Å². The highest BCUT2D eigenvalue weighted by Gasteiger charge is 2.22. The van der Waals surface area contributed by atoms with Crippen LogP contribution >= 0.6 is 24.6 Å². The van der Waals surface area contributed by atoms with Crippen molar-refractivity contribution >= 4 is 29.6 Å². The normalized spacial score (nSPS) is 20.6. The van der Waals surface area contributed by atoms with Crippen LogP contribution in [-0.4, -0.2) is 35.1 Å². The topological polar surface area (TPSA) is 41.3 Å². The first kappa shape index (κ1) is 22.6. The lowest BCUT2D eigenvalue weighted by atomic mass is 9.85. The van der Waals surface area contributed by atoms with E-state index in [9.17, 15) is 0 Å². The molecule has 1 aromatic carbocycles. The molecule has 5 heteroatoms. The van der Waals surface area contributed by atoms with Gasteiger partial charge in [0.05, 0.1) is 11.0 Å². The maximum absolute atomic E-state index is 6.37. The molecule has 3 rings (SSSR count). The van der Waals surface area contributed by atoms with Crippen LogP contribution in [0.2, 0.25) is 0 Å². The number of piperidine rings is 1. The summed E-state index contributed by atoms with van der Waals surface area (Å²) in [5.74, 6) is 0.888. The number of hydrogen-bond donors (Lipinski definition) is 2. The van der Waals surface area contributed by atoms with Crippen LogP contribution in [0.3, 0.4) is 0 Å². The largest absolute Gasteiger partial charge is 0.376 e. The van der Waals surface area contributed by atoms with Crippen LogP contribution in [0.25, 0.3) is 0 Å². The molecular formula is C22H36ClN3S. The Morgan fingerprint density at radius 1 is 1.07 bits per heavy atom. The Morgan fingerprint density at radius 3 is 2.41 bits per heavy atom. The molecule has 0 bridgehead atoms. The van der Waals surface area contributed by atoms with Crippen molar-refractivity contribution in [2.45, 2.75) is 76.4 Å². The van der Waals surface area contributed by atoms with Gasteiger partial charge in [0.15, 0.2) is 0 Å². The van der Waals surface area contributed by atoms with Crippen LogP contribution < -0.4 is 11.1 Å². The number of rotatable bonds is 7. The molecule has 2 fully saturated rings. The summed E-state index contributed by atoms with van der Waals surface area (Å²) in [5.41, 5.74) is 7.77. The summed E-state index contributed by atoms with van der Waals surface area (Å²) in [4.78, 5) is 3.43. The second-order valence-electron chi connectivity index (χ2n) is 8.23. The molecule has 1 aromatic rings. The molecule has 1 aliphatic carbocycles. The second kappa shape index (κ2) is 12.0.